The van der Waals surface area contributed by atoms with Crippen LogP contribution in [0.25, 0.3) is 0 Å². The van der Waals surface area contributed by atoms with Gasteiger partial charge in [-0.1, -0.05) is 11.3 Å². The van der Waals surface area contributed by atoms with Crippen molar-refractivity contribution in [3.8, 4) is 0 Å². The van der Waals surface area contributed by atoms with E-state index >= 15 is 0 Å². The highest BCUT2D eigenvalue weighted by atomic mass is 35.5. The average molecular weight is 278 g/mol. The van der Waals surface area contributed by atoms with Gasteiger partial charge in [0, 0.05) is 0 Å². The maximum atomic E-state index is 11.1. The first-order valence-corrected chi connectivity index (χ1v) is 6.67. The molecule has 1 unspecified atom stereocenters. The van der Waals surface area contributed by atoms with Crippen LogP contribution in [-0.2, 0) is 16.1 Å². The minimum absolute atomic E-state index is 0.0491. The van der Waals surface area contributed by atoms with Gasteiger partial charge in [-0.3, -0.25) is 4.79 Å². The lowest BCUT2D eigenvalue weighted by Crippen LogP contribution is -2.27. The number of aromatic nitrogens is 2. The third kappa shape index (κ3) is 4.97. The fourth-order valence-corrected chi connectivity index (χ4v) is 1.92. The maximum Gasteiger partial charge on any atom is 0.235 e. The summed E-state index contributed by atoms with van der Waals surface area (Å²) in [7, 11) is 0. The molecule has 0 fully saturated rings. The summed E-state index contributed by atoms with van der Waals surface area (Å²) in [5.41, 5.74) is 0. The Labute approximate surface area is 110 Å². The number of carbonyl (C=O) groups is 1. The quantitative estimate of drug-likeness (QED) is 0.807. The number of nitrogens with zero attached hydrogens (tertiary/aromatic N) is 2. The monoisotopic (exact) mass is 277 g/mol. The molecule has 7 heteroatoms. The molecule has 1 N–H and O–H groups in total. The fourth-order valence-electron chi connectivity index (χ4n) is 1.08. The van der Waals surface area contributed by atoms with E-state index in [0.717, 1.165) is 10.0 Å². The van der Waals surface area contributed by atoms with Crippen LogP contribution in [0, 0.1) is 0 Å². The molecule has 17 heavy (non-hydrogen) atoms. The Morgan fingerprint density at radius 3 is 2.76 bits per heavy atom. The highest BCUT2D eigenvalue weighted by molar-refractivity contribution is 7.11. The topological polar surface area (TPSA) is 64.1 Å². The molecule has 0 aliphatic heterocycles. The molecule has 96 valence electrons. The van der Waals surface area contributed by atoms with E-state index in [2.05, 4.69) is 15.5 Å². The summed E-state index contributed by atoms with van der Waals surface area (Å²) in [6, 6.07) is -0.174. The van der Waals surface area contributed by atoms with Gasteiger partial charge >= 0.3 is 0 Å². The number of alkyl halides is 1. The number of nitrogens with one attached hydrogen (secondary N) is 1. The highest BCUT2D eigenvalue weighted by Crippen LogP contribution is 2.18. The van der Waals surface area contributed by atoms with Crippen molar-refractivity contribution in [3.05, 3.63) is 10.0 Å². The van der Waals surface area contributed by atoms with Crippen LogP contribution in [0.5, 0.6) is 0 Å². The van der Waals surface area contributed by atoms with Gasteiger partial charge in [-0.25, -0.2) is 0 Å². The molecule has 1 atom stereocenters. The molecule has 0 spiro atoms. The SMILES string of the molecule is CC(C)OCc1nnc(C(C)NC(=O)CCl)s1. The lowest BCUT2D eigenvalue weighted by Gasteiger charge is -2.08. The van der Waals surface area contributed by atoms with Gasteiger partial charge < -0.3 is 10.1 Å². The van der Waals surface area contributed by atoms with Crippen molar-refractivity contribution in [2.75, 3.05) is 5.88 Å². The first-order valence-electron chi connectivity index (χ1n) is 5.32. The molecule has 1 heterocycles. The Balaban J connectivity index is 2.52. The Kier molecular flexibility index (Phi) is 5.80. The fraction of sp³-hybridized carbons (Fsp3) is 0.700. The number of amides is 1. The van der Waals surface area contributed by atoms with Crippen molar-refractivity contribution in [3.63, 3.8) is 0 Å². The lowest BCUT2D eigenvalue weighted by atomic mass is 10.3. The van der Waals surface area contributed by atoms with Gasteiger partial charge in [0.25, 0.3) is 0 Å². The number of ether oxygens (including phenoxy) is 1. The lowest BCUT2D eigenvalue weighted by molar-refractivity contribution is -0.119. The van der Waals surface area contributed by atoms with Crippen LogP contribution >= 0.6 is 22.9 Å². The minimum Gasteiger partial charge on any atom is -0.372 e. The third-order valence-electron chi connectivity index (χ3n) is 1.89. The van der Waals surface area contributed by atoms with Crippen molar-refractivity contribution in [1.29, 1.82) is 0 Å². The zero-order valence-electron chi connectivity index (χ0n) is 10.1. The second kappa shape index (κ2) is 6.88. The van der Waals surface area contributed by atoms with E-state index in [-0.39, 0.29) is 23.9 Å². The molecule has 0 saturated heterocycles. The van der Waals surface area contributed by atoms with Crippen LogP contribution in [0.15, 0.2) is 0 Å². The molecule has 1 aromatic heterocycles. The van der Waals surface area contributed by atoms with Crippen LogP contribution < -0.4 is 5.32 Å². The first-order chi connectivity index (χ1) is 8.02. The van der Waals surface area contributed by atoms with E-state index in [1.54, 1.807) is 0 Å². The maximum absolute atomic E-state index is 11.1. The summed E-state index contributed by atoms with van der Waals surface area (Å²) in [6.07, 6.45) is 0.163. The molecule has 1 amide bonds. The Morgan fingerprint density at radius 1 is 1.47 bits per heavy atom. The molecule has 0 saturated carbocycles. The van der Waals surface area contributed by atoms with E-state index < -0.39 is 0 Å². The van der Waals surface area contributed by atoms with E-state index in [9.17, 15) is 4.79 Å². The summed E-state index contributed by atoms with van der Waals surface area (Å²) in [5, 5.41) is 12.3. The van der Waals surface area contributed by atoms with E-state index in [4.69, 9.17) is 16.3 Å². The molecule has 0 bridgehead atoms. The molecule has 5 nitrogen and oxygen atoms in total. The van der Waals surface area contributed by atoms with Gasteiger partial charge in [0.15, 0.2) is 0 Å². The third-order valence-corrected chi connectivity index (χ3v) is 3.21. The predicted molar refractivity (Wildman–Crippen MR) is 67.1 cm³/mol. The standard InChI is InChI=1S/C10H16ClN3O2S/c1-6(2)16-5-9-13-14-10(17-9)7(3)12-8(15)4-11/h6-7H,4-5H2,1-3H3,(H,12,15). The molecule has 0 aromatic carbocycles. The Bertz CT molecular complexity index is 370. The minimum atomic E-state index is -0.214. The summed E-state index contributed by atoms with van der Waals surface area (Å²) in [4.78, 5) is 11.1. The largest absolute Gasteiger partial charge is 0.372 e. The van der Waals surface area contributed by atoms with Crippen molar-refractivity contribution in [2.45, 2.75) is 39.5 Å². The van der Waals surface area contributed by atoms with Crippen molar-refractivity contribution < 1.29 is 9.53 Å². The molecular formula is C10H16ClN3O2S. The molecule has 0 aliphatic carbocycles. The zero-order valence-corrected chi connectivity index (χ0v) is 11.6. The number of hydrogen-bond donors (Lipinski definition) is 1. The first kappa shape index (κ1) is 14.3. The van der Waals surface area contributed by atoms with Gasteiger partial charge in [-0.05, 0) is 20.8 Å². The molecule has 0 aliphatic rings. The van der Waals surface area contributed by atoms with Crippen LogP contribution in [0.4, 0.5) is 0 Å². The predicted octanol–water partition coefficient (Wildman–Crippen LogP) is 1.88. The second-order valence-corrected chi connectivity index (χ2v) is 5.18. The summed E-state index contributed by atoms with van der Waals surface area (Å²) < 4.78 is 5.42. The number of carbonyl (C=O) groups excluding carboxylic acids is 1. The summed E-state index contributed by atoms with van der Waals surface area (Å²) in [6.45, 7) is 6.22. The van der Waals surface area contributed by atoms with Crippen molar-refractivity contribution >= 4 is 28.8 Å². The molecule has 1 rings (SSSR count). The Hall–Kier alpha value is -0.720. The van der Waals surface area contributed by atoms with E-state index in [1.165, 1.54) is 11.3 Å². The Morgan fingerprint density at radius 2 is 2.18 bits per heavy atom. The number of rotatable bonds is 6. The smallest absolute Gasteiger partial charge is 0.235 e. The van der Waals surface area contributed by atoms with Gasteiger partial charge in [-0.2, -0.15) is 0 Å². The van der Waals surface area contributed by atoms with Gasteiger partial charge in [0.05, 0.1) is 12.1 Å². The van der Waals surface area contributed by atoms with Crippen LogP contribution in [0.1, 0.15) is 36.8 Å². The molecular weight excluding hydrogens is 262 g/mol. The van der Waals surface area contributed by atoms with E-state index in [1.807, 2.05) is 20.8 Å². The normalized spacial score (nSPS) is 12.8. The second-order valence-electron chi connectivity index (χ2n) is 3.82. The summed E-state index contributed by atoms with van der Waals surface area (Å²) in [5.74, 6) is -0.263. The van der Waals surface area contributed by atoms with Crippen molar-refractivity contribution in [2.24, 2.45) is 0 Å². The van der Waals surface area contributed by atoms with Gasteiger partial charge in [0.2, 0.25) is 5.91 Å². The molecule has 1 aromatic rings. The van der Waals surface area contributed by atoms with Gasteiger partial charge in [0.1, 0.15) is 22.5 Å². The van der Waals surface area contributed by atoms with Crippen molar-refractivity contribution in [1.82, 2.24) is 15.5 Å². The average Bonchev–Trinajstić information content (AvgIpc) is 2.74. The number of halogens is 1. The highest BCUT2D eigenvalue weighted by Gasteiger charge is 2.14. The summed E-state index contributed by atoms with van der Waals surface area (Å²) >= 11 is 6.84. The van der Waals surface area contributed by atoms with Crippen LogP contribution in [0.3, 0.4) is 0 Å². The van der Waals surface area contributed by atoms with Gasteiger partial charge in [-0.15, -0.1) is 21.8 Å². The van der Waals surface area contributed by atoms with Crippen LogP contribution in [-0.4, -0.2) is 28.1 Å². The zero-order chi connectivity index (χ0) is 12.8. The van der Waals surface area contributed by atoms with E-state index in [0.29, 0.717) is 6.61 Å². The molecule has 0 radical (unpaired) electrons. The van der Waals surface area contributed by atoms with Crippen LogP contribution in [0.2, 0.25) is 0 Å². The number of hydrogen-bond acceptors (Lipinski definition) is 5.